The van der Waals surface area contributed by atoms with E-state index in [1.807, 2.05) is 6.07 Å². The normalized spacial score (nSPS) is 19.8. The standard InChI is InChI=1S/C16H20FN5O/c1-11(23)15-6-13(17)2-3-16(15)22-14(4-5-18)10-21-9-12(7-19)8-20/h2-5,7,9,11,15,18-19,21-23H,6,10H2,1H3/b12-9+,14-4-,18-5?,19-7?. The molecule has 0 aromatic heterocycles. The van der Waals surface area contributed by atoms with Gasteiger partial charge in [0.2, 0.25) is 0 Å². The summed E-state index contributed by atoms with van der Waals surface area (Å²) >= 11 is 0. The lowest BCUT2D eigenvalue weighted by Gasteiger charge is -2.27. The summed E-state index contributed by atoms with van der Waals surface area (Å²) in [5, 5.41) is 38.7. The lowest BCUT2D eigenvalue weighted by molar-refractivity contribution is 0.136. The Morgan fingerprint density at radius 2 is 2.30 bits per heavy atom. The first-order chi connectivity index (χ1) is 11.0. The van der Waals surface area contributed by atoms with Crippen molar-refractivity contribution in [2.24, 2.45) is 5.92 Å². The van der Waals surface area contributed by atoms with Crippen molar-refractivity contribution >= 4 is 12.4 Å². The molecule has 0 aromatic carbocycles. The highest BCUT2D eigenvalue weighted by Crippen LogP contribution is 2.27. The second kappa shape index (κ2) is 9.33. The third-order valence-corrected chi connectivity index (χ3v) is 3.26. The molecule has 0 amide bonds. The molecular formula is C16H20FN5O. The first-order valence-electron chi connectivity index (χ1n) is 7.07. The van der Waals surface area contributed by atoms with Crippen LogP contribution in [-0.4, -0.2) is 30.2 Å². The van der Waals surface area contributed by atoms with Crippen LogP contribution >= 0.6 is 0 Å². The summed E-state index contributed by atoms with van der Waals surface area (Å²) in [5.41, 5.74) is 1.45. The molecule has 0 aromatic rings. The number of nitrogens with one attached hydrogen (secondary N) is 4. The Kier molecular flexibility index (Phi) is 7.43. The Morgan fingerprint density at radius 3 is 2.87 bits per heavy atom. The van der Waals surface area contributed by atoms with Crippen molar-refractivity contribution in [3.05, 3.63) is 47.2 Å². The van der Waals surface area contributed by atoms with Crippen LogP contribution in [0, 0.1) is 28.1 Å². The molecule has 6 nitrogen and oxygen atoms in total. The number of aliphatic hydroxyl groups is 1. The largest absolute Gasteiger partial charge is 0.393 e. The Balaban J connectivity index is 2.81. The Bertz CT molecular complexity index is 610. The number of nitriles is 1. The molecule has 7 heteroatoms. The third-order valence-electron chi connectivity index (χ3n) is 3.26. The van der Waals surface area contributed by atoms with E-state index in [-0.39, 0.29) is 30.3 Å². The Morgan fingerprint density at radius 1 is 1.57 bits per heavy atom. The van der Waals surface area contributed by atoms with E-state index >= 15 is 0 Å². The second-order valence-electron chi connectivity index (χ2n) is 5.01. The van der Waals surface area contributed by atoms with E-state index in [2.05, 4.69) is 10.6 Å². The first kappa shape index (κ1) is 18.3. The summed E-state index contributed by atoms with van der Waals surface area (Å²) in [4.78, 5) is 0. The maximum absolute atomic E-state index is 13.4. The molecule has 122 valence electrons. The summed E-state index contributed by atoms with van der Waals surface area (Å²) in [7, 11) is 0. The lowest BCUT2D eigenvalue weighted by atomic mass is 9.91. The van der Waals surface area contributed by atoms with Crippen molar-refractivity contribution in [2.75, 3.05) is 6.54 Å². The van der Waals surface area contributed by atoms with Gasteiger partial charge < -0.3 is 26.6 Å². The zero-order valence-electron chi connectivity index (χ0n) is 12.8. The summed E-state index contributed by atoms with van der Waals surface area (Å²) in [6.07, 6.45) is 7.27. The average Bonchev–Trinajstić information content (AvgIpc) is 2.53. The molecule has 23 heavy (non-hydrogen) atoms. The molecule has 0 fully saturated rings. The second-order valence-corrected chi connectivity index (χ2v) is 5.01. The highest BCUT2D eigenvalue weighted by atomic mass is 19.1. The van der Waals surface area contributed by atoms with Gasteiger partial charge in [-0.1, -0.05) is 0 Å². The fourth-order valence-corrected chi connectivity index (χ4v) is 2.06. The summed E-state index contributed by atoms with van der Waals surface area (Å²) in [5.74, 6) is -0.675. The van der Waals surface area contributed by atoms with Crippen LogP contribution in [0.4, 0.5) is 4.39 Å². The topological polar surface area (TPSA) is 116 Å². The minimum absolute atomic E-state index is 0.119. The number of rotatable bonds is 8. The zero-order chi connectivity index (χ0) is 17.2. The Labute approximate surface area is 134 Å². The van der Waals surface area contributed by atoms with Crippen molar-refractivity contribution in [1.82, 2.24) is 10.6 Å². The number of halogens is 1. The van der Waals surface area contributed by atoms with Crippen molar-refractivity contribution in [2.45, 2.75) is 19.4 Å². The van der Waals surface area contributed by atoms with Crippen LogP contribution in [0.5, 0.6) is 0 Å². The number of nitrogens with zero attached hydrogens (tertiary/aromatic N) is 1. The number of hydrogen-bond acceptors (Lipinski definition) is 6. The summed E-state index contributed by atoms with van der Waals surface area (Å²) in [6.45, 7) is 1.88. The van der Waals surface area contributed by atoms with Crippen LogP contribution < -0.4 is 10.6 Å². The average molecular weight is 317 g/mol. The van der Waals surface area contributed by atoms with E-state index in [1.165, 1.54) is 18.4 Å². The fraction of sp³-hybridized carbons (Fsp3) is 0.312. The molecule has 1 rings (SSSR count). The molecule has 0 bridgehead atoms. The Hall–Kier alpha value is -2.72. The molecule has 0 aliphatic heterocycles. The SMILES string of the molecule is CC(O)C1CC(F)=CC=C1N/C(=C\C=N)CN/C=C(/C#N)C=N. The van der Waals surface area contributed by atoms with Gasteiger partial charge in [0.1, 0.15) is 11.9 Å². The molecule has 0 saturated carbocycles. The van der Waals surface area contributed by atoms with Gasteiger partial charge in [-0.3, -0.25) is 0 Å². The molecule has 0 radical (unpaired) electrons. The highest BCUT2D eigenvalue weighted by molar-refractivity contribution is 5.80. The fourth-order valence-electron chi connectivity index (χ4n) is 2.06. The van der Waals surface area contributed by atoms with Crippen molar-refractivity contribution in [1.29, 1.82) is 16.1 Å². The summed E-state index contributed by atoms with van der Waals surface area (Å²) < 4.78 is 13.4. The molecule has 2 unspecified atom stereocenters. The van der Waals surface area contributed by atoms with Crippen LogP contribution in [0.25, 0.3) is 0 Å². The van der Waals surface area contributed by atoms with Gasteiger partial charge in [0.05, 0.1) is 18.2 Å². The van der Waals surface area contributed by atoms with Gasteiger partial charge in [-0.25, -0.2) is 4.39 Å². The van der Waals surface area contributed by atoms with E-state index in [0.29, 0.717) is 11.4 Å². The maximum Gasteiger partial charge on any atom is 0.102 e. The summed E-state index contributed by atoms with van der Waals surface area (Å²) in [6, 6.07) is 1.84. The van der Waals surface area contributed by atoms with Crippen LogP contribution in [-0.2, 0) is 0 Å². The van der Waals surface area contributed by atoms with Crippen LogP contribution in [0.2, 0.25) is 0 Å². The number of aliphatic hydroxyl groups excluding tert-OH is 1. The lowest BCUT2D eigenvalue weighted by Crippen LogP contribution is -2.31. The molecule has 5 N–H and O–H groups in total. The molecule has 1 aliphatic carbocycles. The molecule has 0 heterocycles. The van der Waals surface area contributed by atoms with E-state index in [9.17, 15) is 9.50 Å². The van der Waals surface area contributed by atoms with Gasteiger partial charge in [-0.05, 0) is 25.2 Å². The number of allylic oxidation sites excluding steroid dienone is 5. The molecule has 0 saturated heterocycles. The maximum atomic E-state index is 13.4. The van der Waals surface area contributed by atoms with Crippen LogP contribution in [0.1, 0.15) is 13.3 Å². The van der Waals surface area contributed by atoms with Crippen molar-refractivity contribution in [3.63, 3.8) is 0 Å². The predicted molar refractivity (Wildman–Crippen MR) is 87.5 cm³/mol. The van der Waals surface area contributed by atoms with Gasteiger partial charge in [0.25, 0.3) is 0 Å². The van der Waals surface area contributed by atoms with Gasteiger partial charge in [0, 0.05) is 42.4 Å². The van der Waals surface area contributed by atoms with E-state index in [0.717, 1.165) is 12.4 Å². The van der Waals surface area contributed by atoms with Gasteiger partial charge in [0.15, 0.2) is 0 Å². The first-order valence-corrected chi connectivity index (χ1v) is 7.07. The highest BCUT2D eigenvalue weighted by Gasteiger charge is 2.24. The molecular weight excluding hydrogens is 297 g/mol. The monoisotopic (exact) mass is 317 g/mol. The van der Waals surface area contributed by atoms with Crippen LogP contribution in [0.15, 0.2) is 47.2 Å². The van der Waals surface area contributed by atoms with E-state index in [4.69, 9.17) is 16.1 Å². The van der Waals surface area contributed by atoms with E-state index in [1.54, 1.807) is 13.0 Å². The predicted octanol–water partition coefficient (Wildman–Crippen LogP) is 1.89. The molecule has 2 atom stereocenters. The van der Waals surface area contributed by atoms with Crippen LogP contribution in [0.3, 0.4) is 0 Å². The minimum Gasteiger partial charge on any atom is -0.393 e. The van der Waals surface area contributed by atoms with Gasteiger partial charge >= 0.3 is 0 Å². The third kappa shape index (κ3) is 5.88. The van der Waals surface area contributed by atoms with Crippen molar-refractivity contribution in [3.8, 4) is 6.07 Å². The van der Waals surface area contributed by atoms with Crippen molar-refractivity contribution < 1.29 is 9.50 Å². The minimum atomic E-state index is -0.717. The molecule has 1 aliphatic rings. The van der Waals surface area contributed by atoms with E-state index < -0.39 is 6.10 Å². The molecule has 0 spiro atoms. The quantitative estimate of drug-likeness (QED) is 0.347. The zero-order valence-corrected chi connectivity index (χ0v) is 12.8. The number of hydrogen-bond donors (Lipinski definition) is 5. The smallest absolute Gasteiger partial charge is 0.102 e. The van der Waals surface area contributed by atoms with Gasteiger partial charge in [-0.2, -0.15) is 5.26 Å². The van der Waals surface area contributed by atoms with Gasteiger partial charge in [-0.15, -0.1) is 0 Å².